The summed E-state index contributed by atoms with van der Waals surface area (Å²) in [6, 6.07) is 8.93. The molecule has 1 saturated carbocycles. The second-order valence-electron chi connectivity index (χ2n) is 5.26. The van der Waals surface area contributed by atoms with Crippen molar-refractivity contribution in [1.29, 1.82) is 0 Å². The zero-order valence-corrected chi connectivity index (χ0v) is 11.0. The normalized spacial score (nSPS) is 24.6. The van der Waals surface area contributed by atoms with Gasteiger partial charge in [0.15, 0.2) is 0 Å². The second kappa shape index (κ2) is 5.44. The van der Waals surface area contributed by atoms with E-state index in [2.05, 4.69) is 30.9 Å². The Bertz CT molecular complexity index is 354. The van der Waals surface area contributed by atoms with E-state index in [4.69, 9.17) is 5.73 Å². The lowest BCUT2D eigenvalue weighted by molar-refractivity contribution is 0.336. The van der Waals surface area contributed by atoms with E-state index in [1.165, 1.54) is 31.4 Å². The molecular formula is C15H24N2. The highest BCUT2D eigenvalue weighted by Gasteiger charge is 2.24. The quantitative estimate of drug-likeness (QED) is 0.806. The van der Waals surface area contributed by atoms with Gasteiger partial charge in [-0.2, -0.15) is 0 Å². The van der Waals surface area contributed by atoms with Crippen LogP contribution in [0, 0.1) is 5.92 Å². The molecule has 1 aliphatic carbocycles. The summed E-state index contributed by atoms with van der Waals surface area (Å²) < 4.78 is 0. The van der Waals surface area contributed by atoms with Crippen LogP contribution < -0.4 is 10.6 Å². The fraction of sp³-hybridized carbons (Fsp3) is 0.600. The van der Waals surface area contributed by atoms with Gasteiger partial charge >= 0.3 is 0 Å². The van der Waals surface area contributed by atoms with Crippen LogP contribution in [-0.4, -0.2) is 12.6 Å². The molecule has 0 unspecified atom stereocenters. The number of nitrogen functional groups attached to an aromatic ring is 1. The molecule has 1 fully saturated rings. The Morgan fingerprint density at radius 3 is 2.41 bits per heavy atom. The van der Waals surface area contributed by atoms with Crippen molar-refractivity contribution in [3.63, 3.8) is 0 Å². The molecule has 0 spiro atoms. The summed E-state index contributed by atoms with van der Waals surface area (Å²) in [5.41, 5.74) is 8.22. The van der Waals surface area contributed by atoms with E-state index in [-0.39, 0.29) is 0 Å². The topological polar surface area (TPSA) is 29.3 Å². The van der Waals surface area contributed by atoms with Crippen molar-refractivity contribution >= 4 is 11.4 Å². The summed E-state index contributed by atoms with van der Waals surface area (Å²) in [6.45, 7) is 5.64. The van der Waals surface area contributed by atoms with Crippen LogP contribution in [0.15, 0.2) is 24.3 Å². The summed E-state index contributed by atoms with van der Waals surface area (Å²) in [6.07, 6.45) is 5.33. The lowest BCUT2D eigenvalue weighted by Crippen LogP contribution is -2.38. The third kappa shape index (κ3) is 2.74. The Labute approximate surface area is 105 Å². The van der Waals surface area contributed by atoms with Crippen LogP contribution in [0.1, 0.15) is 39.5 Å². The SMILES string of the molecule is CCN(c1ccccc1N)C1CCC(C)CC1. The van der Waals surface area contributed by atoms with Gasteiger partial charge in [-0.15, -0.1) is 0 Å². The monoisotopic (exact) mass is 232 g/mol. The number of benzene rings is 1. The van der Waals surface area contributed by atoms with E-state index >= 15 is 0 Å². The van der Waals surface area contributed by atoms with Crippen molar-refractivity contribution < 1.29 is 0 Å². The standard InChI is InChI=1S/C15H24N2/c1-3-17(13-10-8-12(2)9-11-13)15-7-5-4-6-14(15)16/h4-7,12-13H,3,8-11,16H2,1-2H3. The van der Waals surface area contributed by atoms with Gasteiger partial charge in [-0.05, 0) is 50.7 Å². The number of nitrogens with two attached hydrogens (primary N) is 1. The van der Waals surface area contributed by atoms with Gasteiger partial charge in [0.05, 0.1) is 11.4 Å². The second-order valence-corrected chi connectivity index (χ2v) is 5.26. The number of para-hydroxylation sites is 2. The molecule has 17 heavy (non-hydrogen) atoms. The summed E-state index contributed by atoms with van der Waals surface area (Å²) in [7, 11) is 0. The lowest BCUT2D eigenvalue weighted by atomic mass is 9.86. The Hall–Kier alpha value is -1.18. The Kier molecular flexibility index (Phi) is 3.93. The highest BCUT2D eigenvalue weighted by Crippen LogP contribution is 2.32. The number of hydrogen-bond donors (Lipinski definition) is 1. The zero-order chi connectivity index (χ0) is 12.3. The van der Waals surface area contributed by atoms with Gasteiger partial charge in [0.1, 0.15) is 0 Å². The van der Waals surface area contributed by atoms with Gasteiger partial charge < -0.3 is 10.6 Å². The number of nitrogens with zero attached hydrogens (tertiary/aromatic N) is 1. The average Bonchev–Trinajstić information content (AvgIpc) is 2.35. The first-order valence-corrected chi connectivity index (χ1v) is 6.83. The number of hydrogen-bond acceptors (Lipinski definition) is 2. The molecule has 0 bridgehead atoms. The Balaban J connectivity index is 2.14. The summed E-state index contributed by atoms with van der Waals surface area (Å²) >= 11 is 0. The lowest BCUT2D eigenvalue weighted by Gasteiger charge is -2.37. The smallest absolute Gasteiger partial charge is 0.0602 e. The van der Waals surface area contributed by atoms with Crippen molar-refractivity contribution in [2.45, 2.75) is 45.6 Å². The molecule has 0 heterocycles. The number of anilines is 2. The largest absolute Gasteiger partial charge is 0.397 e. The van der Waals surface area contributed by atoms with Crippen molar-refractivity contribution in [1.82, 2.24) is 0 Å². The minimum atomic E-state index is 0.681. The van der Waals surface area contributed by atoms with E-state index in [9.17, 15) is 0 Å². The third-order valence-corrected chi connectivity index (χ3v) is 4.01. The minimum absolute atomic E-state index is 0.681. The summed E-state index contributed by atoms with van der Waals surface area (Å²) in [5.74, 6) is 0.901. The van der Waals surface area contributed by atoms with E-state index in [1.807, 2.05) is 12.1 Å². The molecule has 2 N–H and O–H groups in total. The first-order valence-electron chi connectivity index (χ1n) is 6.83. The van der Waals surface area contributed by atoms with Crippen LogP contribution in [0.4, 0.5) is 11.4 Å². The van der Waals surface area contributed by atoms with E-state index in [0.29, 0.717) is 6.04 Å². The first kappa shape index (κ1) is 12.3. The van der Waals surface area contributed by atoms with Crippen molar-refractivity contribution in [3.8, 4) is 0 Å². The highest BCUT2D eigenvalue weighted by molar-refractivity contribution is 5.67. The van der Waals surface area contributed by atoms with Gasteiger partial charge in [0.2, 0.25) is 0 Å². The fourth-order valence-electron chi connectivity index (χ4n) is 2.93. The van der Waals surface area contributed by atoms with Crippen LogP contribution in [0.5, 0.6) is 0 Å². The highest BCUT2D eigenvalue weighted by atomic mass is 15.2. The van der Waals surface area contributed by atoms with Crippen molar-refractivity contribution in [2.24, 2.45) is 5.92 Å². The molecule has 0 aromatic heterocycles. The fourth-order valence-corrected chi connectivity index (χ4v) is 2.93. The molecule has 2 heteroatoms. The summed E-state index contributed by atoms with van der Waals surface area (Å²) in [4.78, 5) is 2.49. The van der Waals surface area contributed by atoms with Crippen LogP contribution in [0.3, 0.4) is 0 Å². The van der Waals surface area contributed by atoms with Crippen molar-refractivity contribution in [3.05, 3.63) is 24.3 Å². The average molecular weight is 232 g/mol. The maximum absolute atomic E-state index is 6.09. The van der Waals surface area contributed by atoms with E-state index in [0.717, 1.165) is 18.2 Å². The molecular weight excluding hydrogens is 208 g/mol. The van der Waals surface area contributed by atoms with E-state index < -0.39 is 0 Å². The van der Waals surface area contributed by atoms with Crippen LogP contribution in [0.2, 0.25) is 0 Å². The molecule has 0 saturated heterocycles. The molecule has 2 nitrogen and oxygen atoms in total. The van der Waals surface area contributed by atoms with Crippen molar-refractivity contribution in [2.75, 3.05) is 17.2 Å². The molecule has 0 aliphatic heterocycles. The van der Waals surface area contributed by atoms with E-state index in [1.54, 1.807) is 0 Å². The molecule has 2 rings (SSSR count). The minimum Gasteiger partial charge on any atom is -0.397 e. The molecule has 1 aromatic rings. The van der Waals surface area contributed by atoms with Crippen LogP contribution >= 0.6 is 0 Å². The third-order valence-electron chi connectivity index (χ3n) is 4.01. The predicted octanol–water partition coefficient (Wildman–Crippen LogP) is 3.67. The van der Waals surface area contributed by atoms with Gasteiger partial charge in [0.25, 0.3) is 0 Å². The number of rotatable bonds is 3. The molecule has 1 aromatic carbocycles. The van der Waals surface area contributed by atoms with Crippen LogP contribution in [-0.2, 0) is 0 Å². The Morgan fingerprint density at radius 2 is 1.82 bits per heavy atom. The van der Waals surface area contributed by atoms with Gasteiger partial charge in [-0.3, -0.25) is 0 Å². The van der Waals surface area contributed by atoms with Gasteiger partial charge in [0, 0.05) is 12.6 Å². The van der Waals surface area contributed by atoms with Gasteiger partial charge in [-0.1, -0.05) is 19.1 Å². The molecule has 94 valence electrons. The Morgan fingerprint density at radius 1 is 1.18 bits per heavy atom. The molecule has 0 amide bonds. The molecule has 0 radical (unpaired) electrons. The zero-order valence-electron chi connectivity index (χ0n) is 11.0. The van der Waals surface area contributed by atoms with Crippen LogP contribution in [0.25, 0.3) is 0 Å². The summed E-state index contributed by atoms with van der Waals surface area (Å²) in [5, 5.41) is 0. The maximum atomic E-state index is 6.09. The molecule has 1 aliphatic rings. The maximum Gasteiger partial charge on any atom is 0.0602 e. The van der Waals surface area contributed by atoms with Gasteiger partial charge in [-0.25, -0.2) is 0 Å². The molecule has 0 atom stereocenters. The first-order chi connectivity index (χ1) is 8.22. The predicted molar refractivity (Wildman–Crippen MR) is 75.3 cm³/mol.